The zero-order valence-corrected chi connectivity index (χ0v) is 40.8. The Morgan fingerprint density at radius 2 is 1.61 bits per heavy atom. The van der Waals surface area contributed by atoms with Gasteiger partial charge in [0.2, 0.25) is 23.6 Å². The zero-order chi connectivity index (χ0) is 51.5. The summed E-state index contributed by atoms with van der Waals surface area (Å²) >= 11 is 1.38. The van der Waals surface area contributed by atoms with Crippen LogP contribution in [0.1, 0.15) is 83.3 Å². The smallest absolute Gasteiger partial charge is 0.373 e. The summed E-state index contributed by atoms with van der Waals surface area (Å²) in [6.45, 7) is 7.23. The lowest BCUT2D eigenvalue weighted by Gasteiger charge is -2.63. The van der Waals surface area contributed by atoms with Crippen molar-refractivity contribution >= 4 is 58.8 Å². The first-order valence-electron chi connectivity index (χ1n) is 23.0. The molecule has 2 aromatic carbocycles. The van der Waals surface area contributed by atoms with Gasteiger partial charge < -0.3 is 45.7 Å². The second kappa shape index (κ2) is 21.4. The molecule has 1 heterocycles. The quantitative estimate of drug-likeness (QED) is 0.141. The molecule has 1 unspecified atom stereocenters. The number of methoxy groups -OCH3 is 1. The Morgan fingerprint density at radius 1 is 0.957 bits per heavy atom. The number of Topliss-reactive ketones (excluding diaryl/α,β-unsaturated/α-hetero) is 1. The summed E-state index contributed by atoms with van der Waals surface area (Å²) < 4.78 is 52.4. The number of aliphatic hydroxyl groups is 2. The number of ether oxygens (including phenoxy) is 3. The highest BCUT2D eigenvalue weighted by atomic mass is 32.2. The molecule has 70 heavy (non-hydrogen) atoms. The lowest BCUT2D eigenvalue weighted by atomic mass is 9.44. The molecule has 4 fully saturated rings. The van der Waals surface area contributed by atoms with Crippen molar-refractivity contribution in [2.24, 2.45) is 22.7 Å². The molecule has 3 saturated carbocycles. The Morgan fingerprint density at radius 3 is 2.26 bits per heavy atom. The van der Waals surface area contributed by atoms with Crippen molar-refractivity contribution in [2.75, 3.05) is 31.8 Å². The summed E-state index contributed by atoms with van der Waals surface area (Å²) in [5.74, 6) is -4.18. The van der Waals surface area contributed by atoms with Gasteiger partial charge in [0.1, 0.15) is 30.6 Å². The number of amides is 4. The van der Waals surface area contributed by atoms with Crippen molar-refractivity contribution < 1.29 is 71.6 Å². The fourth-order valence-electron chi connectivity index (χ4n) is 11.3. The van der Waals surface area contributed by atoms with Crippen LogP contribution in [0.3, 0.4) is 0 Å². The first kappa shape index (κ1) is 53.7. The molecule has 4 aliphatic carbocycles. The van der Waals surface area contributed by atoms with Gasteiger partial charge in [-0.25, -0.2) is 8.78 Å². The van der Waals surface area contributed by atoms with E-state index < -0.39 is 107 Å². The number of halogens is 2. The largest absolute Gasteiger partial charge is 0.495 e. The van der Waals surface area contributed by atoms with E-state index in [9.17, 15) is 39.0 Å². The van der Waals surface area contributed by atoms with Gasteiger partial charge in [0.25, 0.3) is 0 Å². The Labute approximate surface area is 408 Å². The van der Waals surface area contributed by atoms with Crippen molar-refractivity contribution in [3.8, 4) is 5.75 Å². The Hall–Kier alpha value is -5.63. The van der Waals surface area contributed by atoms with Gasteiger partial charge >= 0.3 is 6.15 Å². The summed E-state index contributed by atoms with van der Waals surface area (Å²) in [7, 11) is 1.46. The van der Waals surface area contributed by atoms with Crippen LogP contribution in [0.5, 0.6) is 5.75 Å². The number of anilines is 1. The van der Waals surface area contributed by atoms with E-state index >= 15 is 8.78 Å². The molecule has 2 aromatic rings. The van der Waals surface area contributed by atoms with Crippen LogP contribution in [-0.2, 0) is 54.3 Å². The van der Waals surface area contributed by atoms with Crippen LogP contribution in [-0.4, -0.2) is 125 Å². The number of carbonyl (C=O) groups is 6. The van der Waals surface area contributed by atoms with E-state index in [1.54, 1.807) is 38.1 Å². The maximum absolute atomic E-state index is 17.8. The van der Waals surface area contributed by atoms with Crippen LogP contribution in [0.4, 0.5) is 14.5 Å². The number of aliphatic hydroxyl groups excluding tert-OH is 2. The van der Waals surface area contributed by atoms with Crippen molar-refractivity contribution in [1.82, 2.24) is 16.0 Å². The maximum Gasteiger partial charge on any atom is 0.373 e. The predicted octanol–water partition coefficient (Wildman–Crippen LogP) is 3.55. The molecule has 5 aliphatic rings. The Kier molecular flexibility index (Phi) is 16.4. The van der Waals surface area contributed by atoms with Gasteiger partial charge in [-0.2, -0.15) is 21.4 Å². The highest BCUT2D eigenvalue weighted by Gasteiger charge is 2.80. The van der Waals surface area contributed by atoms with Gasteiger partial charge in [0.15, 0.2) is 29.1 Å². The lowest BCUT2D eigenvalue weighted by Crippen LogP contribution is -2.70. The second-order valence-corrected chi connectivity index (χ2v) is 20.1. The molecule has 0 bridgehead atoms. The number of hydrogen-bond acceptors (Lipinski definition) is 14. The minimum Gasteiger partial charge on any atom is -0.495 e. The minimum absolute atomic E-state index is 0.000520. The minimum atomic E-state index is -2.35. The van der Waals surface area contributed by atoms with Gasteiger partial charge in [0, 0.05) is 35.3 Å². The van der Waals surface area contributed by atoms with E-state index in [-0.39, 0.29) is 55.1 Å². The van der Waals surface area contributed by atoms with E-state index in [1.807, 2.05) is 24.5 Å². The van der Waals surface area contributed by atoms with Crippen LogP contribution in [0.15, 0.2) is 66.3 Å². The van der Waals surface area contributed by atoms with E-state index in [1.165, 1.54) is 51.8 Å². The average Bonchev–Trinajstić information content (AvgIpc) is 3.83. The molecular weight excluding hydrogens is 935 g/mol. The number of rotatable bonds is 16. The molecule has 1 aliphatic heterocycles. The summed E-state index contributed by atoms with van der Waals surface area (Å²) in [4.78, 5) is 92.6. The molecule has 4 amide bonds. The molecule has 0 aromatic heterocycles. The molecule has 0 spiro atoms. The second-order valence-electron chi connectivity index (χ2n) is 19.0. The first-order chi connectivity index (χ1) is 33.1. The number of carbonyl (C=O) groups excluding carboxylic acids is 8. The summed E-state index contributed by atoms with van der Waals surface area (Å²) in [6.07, 6.45) is 0.502. The summed E-state index contributed by atoms with van der Waals surface area (Å²) in [5.41, 5.74) is -4.29. The average molecular weight is 995 g/mol. The number of benzene rings is 2. The van der Waals surface area contributed by atoms with Gasteiger partial charge in [0.05, 0.1) is 30.3 Å². The fraction of sp³-hybridized carbons (Fsp3) is 0.540. The monoisotopic (exact) mass is 994 g/mol. The molecule has 7 rings (SSSR count). The number of alkyl halides is 2. The van der Waals surface area contributed by atoms with Crippen LogP contribution < -0.4 is 26.0 Å². The molecule has 0 radical (unpaired) electrons. The Balaban J connectivity index is 0.00000261. The number of ketones is 2. The number of thioether (sulfide) groups is 1. The molecule has 13 atom stereocenters. The number of nitrogens with one attached hydrogen (secondary N) is 4. The van der Waals surface area contributed by atoms with Crippen LogP contribution >= 0.6 is 11.8 Å². The third-order valence-corrected chi connectivity index (χ3v) is 15.9. The van der Waals surface area contributed by atoms with Crippen molar-refractivity contribution in [3.05, 3.63) is 83.0 Å². The maximum atomic E-state index is 17.8. The van der Waals surface area contributed by atoms with Crippen molar-refractivity contribution in [3.63, 3.8) is 0 Å². The van der Waals surface area contributed by atoms with E-state index in [0.29, 0.717) is 23.4 Å². The SMILES string of the molecule is COc1cc(Cc2ccc([C@@H]3O[C@@H]4C[C@H]5[C@@H]6C[C@H](F)C7=CC(=O)C=C[C@]7(C)[C@@]6(F)[C@@H](O)C[C@]5(C)[C@]4(C(=O)CO)O3)cc2)ccc1NC(=O)[C@H](C)NC(=O)[C@H](C)NC(=O)CCNC(=O)C(C)SC.O=C=O. The normalized spacial score (nSPS) is 31.5. The first-order valence-corrected chi connectivity index (χ1v) is 24.3. The number of fused-ring (bicyclic) bond motifs is 7. The van der Waals surface area contributed by atoms with Crippen LogP contribution in [0, 0.1) is 22.7 Å². The van der Waals surface area contributed by atoms with Crippen molar-refractivity contribution in [2.45, 2.75) is 120 Å². The molecule has 17 nitrogen and oxygen atoms in total. The number of hydrogen-bond donors (Lipinski definition) is 6. The topological polar surface area (TPSA) is 253 Å². The van der Waals surface area contributed by atoms with Gasteiger partial charge in [-0.3, -0.25) is 28.8 Å². The van der Waals surface area contributed by atoms with Crippen LogP contribution in [0.25, 0.3) is 0 Å². The molecule has 378 valence electrons. The highest BCUT2D eigenvalue weighted by Crippen LogP contribution is 2.72. The van der Waals surface area contributed by atoms with Gasteiger partial charge in [-0.15, -0.1) is 0 Å². The van der Waals surface area contributed by atoms with E-state index in [0.717, 1.165) is 17.2 Å². The fourth-order valence-corrected chi connectivity index (χ4v) is 11.6. The third kappa shape index (κ3) is 9.73. The predicted molar refractivity (Wildman–Crippen MR) is 249 cm³/mol. The zero-order valence-electron chi connectivity index (χ0n) is 40.0. The van der Waals surface area contributed by atoms with Gasteiger partial charge in [-0.05, 0) is 107 Å². The van der Waals surface area contributed by atoms with Gasteiger partial charge in [-0.1, -0.05) is 43.3 Å². The molecule has 1 saturated heterocycles. The van der Waals surface area contributed by atoms with Crippen LogP contribution in [0.2, 0.25) is 0 Å². The van der Waals surface area contributed by atoms with Crippen molar-refractivity contribution in [1.29, 1.82) is 0 Å². The standard InChI is InChI=1S/C49H60F2N4O11S.CO2/c1-25(53-41(60)15-17-52-44(63)27(3)67-7)42(61)54-26(2)43(62)55-36-13-10-29(19-37(36)64-6)18-28-8-11-30(12-9-28)45-65-40-22-32-33-21-35(50)34-20-31(57)14-16-46(34,4)48(33,51)38(58)23-47(32,5)49(40,66-45)39(59)24-56;2-1-3/h8-14,16,19-20,25-27,32-33,35,38,40,45,56,58H,15,17-18,21-24H2,1-7H3,(H,52,63)(H,53,60)(H,54,61)(H,55,62);/t25-,26-,27?,32-,33-,35-,38-,40+,45+,46-,47-,48-,49+;/m0./s1. The molecule has 20 heteroatoms. The number of allylic oxidation sites excluding steroid dienone is 4. The lowest BCUT2D eigenvalue weighted by molar-refractivity contribution is -0.235. The summed E-state index contributed by atoms with van der Waals surface area (Å²) in [5, 5.41) is 32.5. The third-order valence-electron chi connectivity index (χ3n) is 15.0. The van der Waals surface area contributed by atoms with E-state index in [2.05, 4.69) is 21.3 Å². The molecular formula is C50H60F2N4O13S. The summed E-state index contributed by atoms with van der Waals surface area (Å²) in [6, 6.07) is 10.7. The Bertz CT molecular complexity index is 2470. The highest BCUT2D eigenvalue weighted by molar-refractivity contribution is 7.99. The molecule has 6 N–H and O–H groups in total. The van der Waals surface area contributed by atoms with E-state index in [4.69, 9.17) is 23.8 Å².